The second kappa shape index (κ2) is 9.95. The summed E-state index contributed by atoms with van der Waals surface area (Å²) in [4.78, 5) is 29.6. The van der Waals surface area contributed by atoms with E-state index in [9.17, 15) is 4.79 Å². The average molecular weight is 470 g/mol. The molecule has 0 spiro atoms. The van der Waals surface area contributed by atoms with E-state index < -0.39 is 0 Å². The largest absolute Gasteiger partial charge is 0.379 e. The molecular weight excluding hydrogens is 438 g/mol. The quantitative estimate of drug-likeness (QED) is 0.671. The van der Waals surface area contributed by atoms with Gasteiger partial charge in [0.1, 0.15) is 12.1 Å². The molecule has 3 aliphatic rings. The molecule has 2 aromatic rings. The summed E-state index contributed by atoms with van der Waals surface area (Å²) >= 11 is 6.12. The molecule has 33 heavy (non-hydrogen) atoms. The Morgan fingerprint density at radius 2 is 1.82 bits per heavy atom. The van der Waals surface area contributed by atoms with Gasteiger partial charge in [0.15, 0.2) is 0 Å². The second-order valence-electron chi connectivity index (χ2n) is 9.33. The number of aromatic nitrogens is 2. The summed E-state index contributed by atoms with van der Waals surface area (Å²) in [6.07, 6.45) is 3.88. The molecule has 0 saturated carbocycles. The van der Waals surface area contributed by atoms with Gasteiger partial charge in [0.2, 0.25) is 5.91 Å². The summed E-state index contributed by atoms with van der Waals surface area (Å²) in [5, 5.41) is 0.691. The van der Waals surface area contributed by atoms with Gasteiger partial charge >= 0.3 is 0 Å². The lowest BCUT2D eigenvalue weighted by Crippen LogP contribution is -2.52. The van der Waals surface area contributed by atoms with Gasteiger partial charge in [-0.25, -0.2) is 9.97 Å². The van der Waals surface area contributed by atoms with E-state index in [2.05, 4.69) is 26.7 Å². The highest BCUT2D eigenvalue weighted by atomic mass is 35.5. The van der Waals surface area contributed by atoms with Crippen molar-refractivity contribution in [2.45, 2.75) is 31.6 Å². The number of carbonyl (C=O) groups is 1. The van der Waals surface area contributed by atoms with Gasteiger partial charge in [-0.2, -0.15) is 0 Å². The molecule has 1 aromatic heterocycles. The maximum Gasteiger partial charge on any atom is 0.231 e. The van der Waals surface area contributed by atoms with Crippen LogP contribution in [0.3, 0.4) is 0 Å². The Bertz CT molecular complexity index is 971. The van der Waals surface area contributed by atoms with Crippen LogP contribution in [0, 0.1) is 0 Å². The maximum absolute atomic E-state index is 13.7. The summed E-state index contributed by atoms with van der Waals surface area (Å²) in [7, 11) is 0. The lowest BCUT2D eigenvalue weighted by Gasteiger charge is -2.39. The van der Waals surface area contributed by atoms with Crippen LogP contribution in [-0.4, -0.2) is 84.7 Å². The molecule has 1 amide bonds. The molecule has 2 atom stereocenters. The van der Waals surface area contributed by atoms with Crippen molar-refractivity contribution >= 4 is 23.3 Å². The number of piperazine rings is 1. The topological polar surface area (TPSA) is 61.8 Å². The molecule has 176 valence electrons. The minimum atomic E-state index is -0.199. The number of morpholine rings is 1. The number of fused-ring (bicyclic) bond motifs is 1. The van der Waals surface area contributed by atoms with Crippen LogP contribution in [0.4, 0.5) is 5.82 Å². The summed E-state index contributed by atoms with van der Waals surface area (Å²) in [6, 6.07) is 7.75. The van der Waals surface area contributed by atoms with Crippen LogP contribution in [0.5, 0.6) is 0 Å². The third kappa shape index (κ3) is 4.86. The smallest absolute Gasteiger partial charge is 0.231 e. The molecule has 2 saturated heterocycles. The van der Waals surface area contributed by atoms with Crippen LogP contribution in [0.1, 0.15) is 42.0 Å². The molecule has 3 heterocycles. The fraction of sp³-hybridized carbons (Fsp3) is 0.560. The molecule has 2 aliphatic heterocycles. The summed E-state index contributed by atoms with van der Waals surface area (Å²) < 4.78 is 5.50. The first-order valence-electron chi connectivity index (χ1n) is 12.0. The van der Waals surface area contributed by atoms with E-state index in [1.54, 1.807) is 6.33 Å². The Morgan fingerprint density at radius 3 is 2.55 bits per heavy atom. The molecule has 0 radical (unpaired) electrons. The predicted octanol–water partition coefficient (Wildman–Crippen LogP) is 2.94. The number of hydrogen-bond acceptors (Lipinski definition) is 6. The van der Waals surface area contributed by atoms with Gasteiger partial charge in [-0.3, -0.25) is 9.69 Å². The van der Waals surface area contributed by atoms with Crippen molar-refractivity contribution in [3.05, 3.63) is 52.4 Å². The predicted molar refractivity (Wildman–Crippen MR) is 129 cm³/mol. The van der Waals surface area contributed by atoms with E-state index in [1.165, 1.54) is 11.3 Å². The van der Waals surface area contributed by atoms with E-state index in [0.717, 1.165) is 63.6 Å². The van der Waals surface area contributed by atoms with E-state index in [4.69, 9.17) is 16.3 Å². The van der Waals surface area contributed by atoms with Crippen molar-refractivity contribution < 1.29 is 9.53 Å². The molecule has 1 aliphatic carbocycles. The first-order chi connectivity index (χ1) is 16.1. The lowest BCUT2D eigenvalue weighted by atomic mass is 9.96. The molecule has 7 nitrogen and oxygen atoms in total. The molecule has 1 aromatic carbocycles. The number of anilines is 1. The number of rotatable bonds is 5. The van der Waals surface area contributed by atoms with Crippen molar-refractivity contribution in [2.24, 2.45) is 0 Å². The Hall–Kier alpha value is -2.22. The van der Waals surface area contributed by atoms with Crippen molar-refractivity contribution in [3.8, 4) is 0 Å². The van der Waals surface area contributed by atoms with E-state index in [-0.39, 0.29) is 11.8 Å². The van der Waals surface area contributed by atoms with Gasteiger partial charge in [-0.05, 0) is 36.5 Å². The van der Waals surface area contributed by atoms with Crippen LogP contribution in [0.2, 0.25) is 5.02 Å². The van der Waals surface area contributed by atoms with Gasteiger partial charge in [0, 0.05) is 62.1 Å². The van der Waals surface area contributed by atoms with Gasteiger partial charge in [-0.1, -0.05) is 30.7 Å². The lowest BCUT2D eigenvalue weighted by molar-refractivity contribution is -0.134. The van der Waals surface area contributed by atoms with E-state index in [0.29, 0.717) is 30.6 Å². The Morgan fingerprint density at radius 1 is 1.09 bits per heavy atom. The van der Waals surface area contributed by atoms with E-state index in [1.807, 2.05) is 29.2 Å². The zero-order chi connectivity index (χ0) is 22.8. The standard InChI is InChI=1S/C25H32ClN5O2/c1-18-2-7-22-23(18)24(28-17-27-22)30-8-10-31(11-9-30)25(32)21(16-29-12-14-33-15-13-29)19-3-5-20(26)6-4-19/h3-6,17-18,21H,2,7-16H2,1H3/t18-,21-/m1/s1. The zero-order valence-electron chi connectivity index (χ0n) is 19.3. The molecule has 0 N–H and O–H groups in total. The monoisotopic (exact) mass is 469 g/mol. The second-order valence-corrected chi connectivity index (χ2v) is 9.76. The molecule has 8 heteroatoms. The van der Waals surface area contributed by atoms with Gasteiger partial charge in [0.25, 0.3) is 0 Å². The fourth-order valence-electron chi connectivity index (χ4n) is 5.30. The molecule has 5 rings (SSSR count). The summed E-state index contributed by atoms with van der Waals surface area (Å²) in [5.41, 5.74) is 3.53. The Labute approximate surface area is 200 Å². The number of benzene rings is 1. The highest BCUT2D eigenvalue weighted by molar-refractivity contribution is 6.30. The molecular formula is C25H32ClN5O2. The molecule has 0 unspecified atom stereocenters. The van der Waals surface area contributed by atoms with Gasteiger partial charge in [-0.15, -0.1) is 0 Å². The minimum absolute atomic E-state index is 0.199. The van der Waals surface area contributed by atoms with Crippen molar-refractivity contribution in [1.29, 1.82) is 0 Å². The van der Waals surface area contributed by atoms with Crippen LogP contribution >= 0.6 is 11.6 Å². The number of amides is 1. The number of halogens is 1. The highest BCUT2D eigenvalue weighted by Crippen LogP contribution is 2.37. The first-order valence-corrected chi connectivity index (χ1v) is 12.4. The summed E-state index contributed by atoms with van der Waals surface area (Å²) in [6.45, 7) is 9.16. The number of hydrogen-bond donors (Lipinski definition) is 0. The Balaban J connectivity index is 1.29. The normalized spacial score (nSPS) is 22.3. The molecule has 2 fully saturated rings. The molecule has 0 bridgehead atoms. The summed E-state index contributed by atoms with van der Waals surface area (Å²) in [5.74, 6) is 1.57. The third-order valence-electron chi connectivity index (χ3n) is 7.26. The zero-order valence-corrected chi connectivity index (χ0v) is 20.0. The van der Waals surface area contributed by atoms with Crippen LogP contribution in [-0.2, 0) is 16.0 Å². The van der Waals surface area contributed by atoms with Crippen molar-refractivity contribution in [3.63, 3.8) is 0 Å². The SMILES string of the molecule is C[C@@H]1CCc2ncnc(N3CCN(C(=O)[C@H](CN4CCOCC4)c4ccc(Cl)cc4)CC3)c21. The van der Waals surface area contributed by atoms with Crippen molar-refractivity contribution in [2.75, 3.05) is 63.9 Å². The number of carbonyl (C=O) groups excluding carboxylic acids is 1. The highest BCUT2D eigenvalue weighted by Gasteiger charge is 2.33. The maximum atomic E-state index is 13.7. The van der Waals surface area contributed by atoms with Gasteiger partial charge in [0.05, 0.1) is 19.1 Å². The minimum Gasteiger partial charge on any atom is -0.379 e. The van der Waals surface area contributed by atoms with Gasteiger partial charge < -0.3 is 14.5 Å². The number of aryl methyl sites for hydroxylation is 1. The van der Waals surface area contributed by atoms with E-state index >= 15 is 0 Å². The fourth-order valence-corrected chi connectivity index (χ4v) is 5.42. The first kappa shape index (κ1) is 22.6. The third-order valence-corrected chi connectivity index (χ3v) is 7.51. The van der Waals surface area contributed by atoms with Crippen molar-refractivity contribution in [1.82, 2.24) is 19.8 Å². The number of nitrogens with zero attached hydrogens (tertiary/aromatic N) is 5. The number of ether oxygens (including phenoxy) is 1. The van der Waals surface area contributed by atoms with Crippen LogP contribution in [0.25, 0.3) is 0 Å². The van der Waals surface area contributed by atoms with Crippen LogP contribution in [0.15, 0.2) is 30.6 Å². The van der Waals surface area contributed by atoms with Crippen LogP contribution < -0.4 is 4.90 Å². The Kier molecular flexibility index (Phi) is 6.81. The average Bonchev–Trinajstić information content (AvgIpc) is 3.24.